The van der Waals surface area contributed by atoms with Gasteiger partial charge in [-0.25, -0.2) is 9.59 Å². The summed E-state index contributed by atoms with van der Waals surface area (Å²) in [6, 6.07) is 11.9. The molecule has 1 heterocycles. The van der Waals surface area contributed by atoms with Gasteiger partial charge < -0.3 is 14.2 Å². The minimum Gasteiger partial charge on any atom is -0.463 e. The third-order valence-electron chi connectivity index (χ3n) is 5.69. The number of esters is 2. The fourth-order valence-electron chi connectivity index (χ4n) is 4.12. The van der Waals surface area contributed by atoms with Crippen LogP contribution in [0.25, 0.3) is 0 Å². The molecule has 3 rings (SSSR count). The van der Waals surface area contributed by atoms with Crippen LogP contribution < -0.4 is 5.32 Å². The van der Waals surface area contributed by atoms with Crippen molar-refractivity contribution in [1.29, 1.82) is 0 Å². The van der Waals surface area contributed by atoms with Crippen LogP contribution in [0.4, 0.5) is 16.2 Å². The second-order valence-electron chi connectivity index (χ2n) is 8.84. The Morgan fingerprint density at radius 1 is 1.13 bits per heavy atom. The molecular weight excluding hydrogens is 530 g/mol. The van der Waals surface area contributed by atoms with Gasteiger partial charge >= 0.3 is 18.0 Å². The highest BCUT2D eigenvalue weighted by molar-refractivity contribution is 6.30. The average Bonchev–Trinajstić information content (AvgIpc) is 2.88. The smallest absolute Gasteiger partial charge is 0.412 e. The number of anilines is 1. The van der Waals surface area contributed by atoms with E-state index in [0.717, 1.165) is 0 Å². The summed E-state index contributed by atoms with van der Waals surface area (Å²) >= 11 is 5.87. The largest absolute Gasteiger partial charge is 0.463 e. The van der Waals surface area contributed by atoms with Crippen molar-refractivity contribution in [3.8, 4) is 0 Å². The van der Waals surface area contributed by atoms with E-state index in [1.165, 1.54) is 18.2 Å². The molecule has 0 spiro atoms. The lowest BCUT2D eigenvalue weighted by atomic mass is 9.75. The predicted molar refractivity (Wildman–Crippen MR) is 144 cm³/mol. The molecule has 0 fully saturated rings. The Labute approximate surface area is 229 Å². The molecule has 2 aromatic carbocycles. The Kier molecular flexibility index (Phi) is 9.78. The highest BCUT2D eigenvalue weighted by Gasteiger charge is 2.44. The first kappa shape index (κ1) is 29.3. The molecule has 0 aromatic heterocycles. The summed E-state index contributed by atoms with van der Waals surface area (Å²) in [5, 5.41) is 14.5. The molecule has 1 aliphatic rings. The Bertz CT molecular complexity index is 1320. The fourth-order valence-corrected chi connectivity index (χ4v) is 4.24. The second kappa shape index (κ2) is 13.0. The van der Waals surface area contributed by atoms with Gasteiger partial charge in [-0.3, -0.25) is 25.2 Å². The molecule has 206 valence electrons. The lowest BCUT2D eigenvalue weighted by Crippen LogP contribution is -2.38. The first-order valence-corrected chi connectivity index (χ1v) is 12.5. The van der Waals surface area contributed by atoms with Gasteiger partial charge in [-0.2, -0.15) is 0 Å². The summed E-state index contributed by atoms with van der Waals surface area (Å²) in [5.74, 6) is -3.60. The molecule has 0 saturated carbocycles. The molecule has 0 saturated heterocycles. The van der Waals surface area contributed by atoms with Gasteiger partial charge in [0.05, 0.1) is 28.9 Å². The average molecular weight is 558 g/mol. The summed E-state index contributed by atoms with van der Waals surface area (Å²) in [5.41, 5.74) is 0.762. The van der Waals surface area contributed by atoms with E-state index in [1.807, 2.05) is 0 Å². The number of hydrogen-bond acceptors (Lipinski definition) is 9. The van der Waals surface area contributed by atoms with Crippen LogP contribution in [-0.4, -0.2) is 48.0 Å². The zero-order chi connectivity index (χ0) is 28.7. The van der Waals surface area contributed by atoms with E-state index in [0.29, 0.717) is 16.3 Å². The minimum atomic E-state index is -1.08. The van der Waals surface area contributed by atoms with E-state index in [2.05, 4.69) is 10.3 Å². The molecule has 12 heteroatoms. The van der Waals surface area contributed by atoms with Crippen molar-refractivity contribution >= 4 is 46.7 Å². The summed E-state index contributed by atoms with van der Waals surface area (Å²) in [4.78, 5) is 54.4. The number of nitrogens with one attached hydrogen (secondary N) is 1. The van der Waals surface area contributed by atoms with E-state index in [1.54, 1.807) is 58.0 Å². The molecule has 39 heavy (non-hydrogen) atoms. The number of carbonyl (C=O) groups excluding carboxylic acids is 3. The van der Waals surface area contributed by atoms with E-state index in [4.69, 9.17) is 25.8 Å². The first-order valence-electron chi connectivity index (χ1n) is 12.1. The first-order chi connectivity index (χ1) is 18.5. The number of aliphatic imine (C=N–C) groups is 1. The number of non-ortho nitro benzene ring substituents is 1. The van der Waals surface area contributed by atoms with E-state index >= 15 is 0 Å². The molecule has 2 unspecified atom stereocenters. The maximum Gasteiger partial charge on any atom is 0.412 e. The lowest BCUT2D eigenvalue weighted by Gasteiger charge is -2.32. The monoisotopic (exact) mass is 557 g/mol. The number of nitro benzene ring substituents is 1. The number of carbonyl (C=O) groups is 3. The van der Waals surface area contributed by atoms with E-state index < -0.39 is 47.5 Å². The van der Waals surface area contributed by atoms with Gasteiger partial charge in [-0.1, -0.05) is 23.7 Å². The van der Waals surface area contributed by atoms with Crippen molar-refractivity contribution in [3.63, 3.8) is 0 Å². The van der Waals surface area contributed by atoms with Crippen LogP contribution in [-0.2, 0) is 23.8 Å². The molecule has 1 aliphatic heterocycles. The summed E-state index contributed by atoms with van der Waals surface area (Å²) in [6.45, 7) is 6.11. The van der Waals surface area contributed by atoms with Crippen LogP contribution in [0.1, 0.15) is 39.2 Å². The standard InChI is InChI=1S/C27H28ClN3O8/c1-5-37-25(32)24-21(14-38-27(34)30-19-11-9-18(28)10-12-19)29-16(4)22(26(33)39-15(2)3)23(24)17-7-6-8-20(13-17)31(35)36/h6-13,15,22-23H,5,14H2,1-4H3,(H,30,34). The Balaban J connectivity index is 2.06. The Hall–Kier alpha value is -4.25. The number of halogens is 1. The van der Waals surface area contributed by atoms with Crippen molar-refractivity contribution in [2.75, 3.05) is 18.5 Å². The van der Waals surface area contributed by atoms with E-state index in [-0.39, 0.29) is 29.3 Å². The normalized spacial score (nSPS) is 16.8. The van der Waals surface area contributed by atoms with Gasteiger partial charge in [0, 0.05) is 34.5 Å². The highest BCUT2D eigenvalue weighted by Crippen LogP contribution is 2.41. The van der Waals surface area contributed by atoms with Gasteiger partial charge in [0.25, 0.3) is 5.69 Å². The van der Waals surface area contributed by atoms with Crippen molar-refractivity contribution in [3.05, 3.63) is 80.5 Å². The summed E-state index contributed by atoms with van der Waals surface area (Å²) < 4.78 is 16.1. The molecular formula is C27H28ClN3O8. The molecule has 0 radical (unpaired) electrons. The summed E-state index contributed by atoms with van der Waals surface area (Å²) in [6.07, 6.45) is -1.29. The zero-order valence-electron chi connectivity index (χ0n) is 21.8. The van der Waals surface area contributed by atoms with Crippen molar-refractivity contribution in [2.24, 2.45) is 10.9 Å². The molecule has 1 N–H and O–H groups in total. The third kappa shape index (κ3) is 7.41. The lowest BCUT2D eigenvalue weighted by molar-refractivity contribution is -0.384. The maximum atomic E-state index is 13.3. The van der Waals surface area contributed by atoms with Gasteiger partial charge in [-0.15, -0.1) is 0 Å². The van der Waals surface area contributed by atoms with Gasteiger partial charge in [0.2, 0.25) is 0 Å². The maximum absolute atomic E-state index is 13.3. The molecule has 2 aromatic rings. The number of amides is 1. The molecule has 0 bridgehead atoms. The van der Waals surface area contributed by atoms with Crippen LogP contribution in [0.5, 0.6) is 0 Å². The fraction of sp³-hybridized carbons (Fsp3) is 0.333. The molecule has 0 aliphatic carbocycles. The van der Waals surface area contributed by atoms with Crippen LogP contribution in [0.15, 0.2) is 64.8 Å². The minimum absolute atomic E-state index is 0.0129. The predicted octanol–water partition coefficient (Wildman–Crippen LogP) is 5.44. The number of nitrogens with zero attached hydrogens (tertiary/aromatic N) is 2. The molecule has 1 amide bonds. The number of hydrogen-bond donors (Lipinski definition) is 1. The number of nitro groups is 1. The highest BCUT2D eigenvalue weighted by atomic mass is 35.5. The topological polar surface area (TPSA) is 146 Å². The van der Waals surface area contributed by atoms with Crippen LogP contribution in [0, 0.1) is 16.0 Å². The molecule has 2 atom stereocenters. The third-order valence-corrected chi connectivity index (χ3v) is 5.94. The van der Waals surface area contributed by atoms with Crippen LogP contribution in [0.3, 0.4) is 0 Å². The summed E-state index contributed by atoms with van der Waals surface area (Å²) in [7, 11) is 0. The van der Waals surface area contributed by atoms with Crippen molar-refractivity contribution in [2.45, 2.75) is 39.7 Å². The number of benzene rings is 2. The van der Waals surface area contributed by atoms with Crippen molar-refractivity contribution < 1.29 is 33.5 Å². The van der Waals surface area contributed by atoms with E-state index in [9.17, 15) is 24.5 Å². The van der Waals surface area contributed by atoms with Crippen LogP contribution in [0.2, 0.25) is 5.02 Å². The Morgan fingerprint density at radius 3 is 2.44 bits per heavy atom. The molecule has 11 nitrogen and oxygen atoms in total. The Morgan fingerprint density at radius 2 is 1.82 bits per heavy atom. The second-order valence-corrected chi connectivity index (χ2v) is 9.27. The van der Waals surface area contributed by atoms with Crippen molar-refractivity contribution in [1.82, 2.24) is 0 Å². The zero-order valence-corrected chi connectivity index (χ0v) is 22.6. The quantitative estimate of drug-likeness (QED) is 0.185. The SMILES string of the molecule is CCOC(=O)C1=C(COC(=O)Nc2ccc(Cl)cc2)N=C(C)C(C(=O)OC(C)C)C1c1cccc([N+](=O)[O-])c1. The number of ether oxygens (including phenoxy) is 3. The van der Waals surface area contributed by atoms with Gasteiger partial charge in [0.15, 0.2) is 0 Å². The number of rotatable bonds is 9. The van der Waals surface area contributed by atoms with Gasteiger partial charge in [-0.05, 0) is 57.5 Å². The van der Waals surface area contributed by atoms with Gasteiger partial charge in [0.1, 0.15) is 12.5 Å². The van der Waals surface area contributed by atoms with Crippen LogP contribution >= 0.6 is 11.6 Å².